The Bertz CT molecular complexity index is 674. The van der Waals surface area contributed by atoms with Crippen molar-refractivity contribution in [3.05, 3.63) is 48.3 Å². The topological polar surface area (TPSA) is 16.1 Å². The summed E-state index contributed by atoms with van der Waals surface area (Å²) < 4.78 is 0. The summed E-state index contributed by atoms with van der Waals surface area (Å²) in [5.74, 6) is 0. The van der Waals surface area contributed by atoms with Crippen molar-refractivity contribution in [1.82, 2.24) is 9.88 Å². The second kappa shape index (κ2) is 4.71. The van der Waals surface area contributed by atoms with Gasteiger partial charge < -0.3 is 0 Å². The summed E-state index contributed by atoms with van der Waals surface area (Å²) in [6.45, 7) is 0. The van der Waals surface area contributed by atoms with Crippen LogP contribution in [0.25, 0.3) is 16.3 Å². The van der Waals surface area contributed by atoms with E-state index < -0.39 is 0 Å². The van der Waals surface area contributed by atoms with Crippen molar-refractivity contribution in [3.63, 3.8) is 0 Å². The van der Waals surface area contributed by atoms with Crippen molar-refractivity contribution >= 4 is 16.3 Å². The number of benzene rings is 1. The molecule has 0 spiro atoms. The fourth-order valence-electron chi connectivity index (χ4n) is 3.74. The number of nitrogens with zero attached hydrogens (tertiary/aromatic N) is 2. The maximum Gasteiger partial charge on any atom is 0.0346 e. The van der Waals surface area contributed by atoms with Crippen LogP contribution in [-0.4, -0.2) is 29.0 Å². The number of rotatable bonds is 1. The van der Waals surface area contributed by atoms with E-state index in [4.69, 9.17) is 0 Å². The molecular weight excluding hydrogens is 244 g/mol. The molecule has 0 amide bonds. The number of hydrogen-bond acceptors (Lipinski definition) is 2. The van der Waals surface area contributed by atoms with E-state index in [1.54, 1.807) is 0 Å². The van der Waals surface area contributed by atoms with E-state index in [0.29, 0.717) is 6.04 Å². The van der Waals surface area contributed by atoms with Crippen molar-refractivity contribution in [2.45, 2.75) is 37.8 Å². The van der Waals surface area contributed by atoms with Crippen LogP contribution in [0.5, 0.6) is 0 Å². The van der Waals surface area contributed by atoms with Gasteiger partial charge in [-0.05, 0) is 55.0 Å². The van der Waals surface area contributed by atoms with Crippen molar-refractivity contribution in [1.29, 1.82) is 0 Å². The lowest BCUT2D eigenvalue weighted by Gasteiger charge is -2.42. The van der Waals surface area contributed by atoms with E-state index in [2.05, 4.69) is 47.3 Å². The number of fused-ring (bicyclic) bond motifs is 3. The molecule has 2 unspecified atom stereocenters. The van der Waals surface area contributed by atoms with Gasteiger partial charge in [0.15, 0.2) is 0 Å². The molecule has 1 aromatic heterocycles. The van der Waals surface area contributed by atoms with Gasteiger partial charge in [0.1, 0.15) is 0 Å². The molecule has 2 heteroatoms. The summed E-state index contributed by atoms with van der Waals surface area (Å²) in [4.78, 5) is 6.76. The Hall–Kier alpha value is -1.67. The molecule has 0 N–H and O–H groups in total. The summed E-state index contributed by atoms with van der Waals surface area (Å²) in [6.07, 6.45) is 11.6. The molecule has 4 rings (SSSR count). The molecule has 0 radical (unpaired) electrons. The minimum absolute atomic E-state index is 0.644. The Labute approximate surface area is 120 Å². The minimum Gasteiger partial charge on any atom is -0.297 e. The first-order valence-electron chi connectivity index (χ1n) is 7.58. The van der Waals surface area contributed by atoms with Crippen LogP contribution in [0.2, 0.25) is 0 Å². The quantitative estimate of drug-likeness (QED) is 0.777. The number of aromatic nitrogens is 1. The van der Waals surface area contributed by atoms with Gasteiger partial charge >= 0.3 is 0 Å². The standard InChI is InChI=1S/C18H20N2/c1-20-17-3-2-4-18(20)11-16(10-17)13-5-6-15-12-19-8-7-14(15)9-13/h5-10,12,17-18H,2-4,11H2,1H3. The highest BCUT2D eigenvalue weighted by Gasteiger charge is 2.31. The van der Waals surface area contributed by atoms with Crippen LogP contribution in [0.4, 0.5) is 0 Å². The lowest BCUT2D eigenvalue weighted by atomic mass is 9.83. The Morgan fingerprint density at radius 2 is 2.10 bits per heavy atom. The first-order chi connectivity index (χ1) is 9.81. The van der Waals surface area contributed by atoms with Gasteiger partial charge in [0.2, 0.25) is 0 Å². The highest BCUT2D eigenvalue weighted by Crippen LogP contribution is 2.36. The van der Waals surface area contributed by atoms with Crippen LogP contribution >= 0.6 is 0 Å². The van der Waals surface area contributed by atoms with Gasteiger partial charge in [-0.25, -0.2) is 0 Å². The molecule has 1 saturated heterocycles. The third kappa shape index (κ3) is 1.95. The van der Waals surface area contributed by atoms with E-state index in [1.165, 1.54) is 47.6 Å². The molecule has 3 heterocycles. The third-order valence-corrected chi connectivity index (χ3v) is 5.00. The molecule has 2 nitrogen and oxygen atoms in total. The summed E-state index contributed by atoms with van der Waals surface area (Å²) in [6, 6.07) is 10.3. The lowest BCUT2D eigenvalue weighted by Crippen LogP contribution is -2.45. The zero-order valence-corrected chi connectivity index (χ0v) is 11.9. The monoisotopic (exact) mass is 264 g/mol. The predicted molar refractivity (Wildman–Crippen MR) is 83.5 cm³/mol. The van der Waals surface area contributed by atoms with Gasteiger partial charge in [0.05, 0.1) is 0 Å². The van der Waals surface area contributed by atoms with E-state index in [9.17, 15) is 0 Å². The summed E-state index contributed by atoms with van der Waals surface area (Å²) in [5.41, 5.74) is 2.94. The van der Waals surface area contributed by atoms with E-state index in [-0.39, 0.29) is 0 Å². The van der Waals surface area contributed by atoms with Gasteiger partial charge in [0.25, 0.3) is 0 Å². The molecule has 2 atom stereocenters. The van der Waals surface area contributed by atoms with Gasteiger partial charge in [-0.15, -0.1) is 0 Å². The highest BCUT2D eigenvalue weighted by molar-refractivity contribution is 5.85. The molecule has 2 aliphatic rings. The Morgan fingerprint density at radius 1 is 1.15 bits per heavy atom. The largest absolute Gasteiger partial charge is 0.297 e. The van der Waals surface area contributed by atoms with Crippen molar-refractivity contribution in [2.24, 2.45) is 0 Å². The first-order valence-corrected chi connectivity index (χ1v) is 7.58. The maximum absolute atomic E-state index is 4.19. The molecule has 2 aliphatic heterocycles. The van der Waals surface area contributed by atoms with Crippen LogP contribution in [0.1, 0.15) is 31.2 Å². The molecule has 0 saturated carbocycles. The smallest absolute Gasteiger partial charge is 0.0346 e. The molecule has 1 fully saturated rings. The molecule has 0 aliphatic carbocycles. The van der Waals surface area contributed by atoms with Gasteiger partial charge in [-0.2, -0.15) is 0 Å². The number of likely N-dealkylation sites (N-methyl/N-ethyl adjacent to an activating group) is 1. The molecule has 2 aromatic rings. The van der Waals surface area contributed by atoms with Crippen LogP contribution < -0.4 is 0 Å². The van der Waals surface area contributed by atoms with E-state index >= 15 is 0 Å². The molecular formula is C18H20N2. The van der Waals surface area contributed by atoms with Crippen molar-refractivity contribution < 1.29 is 0 Å². The third-order valence-electron chi connectivity index (χ3n) is 5.00. The maximum atomic E-state index is 4.19. The Kier molecular flexibility index (Phi) is 2.85. The zero-order valence-electron chi connectivity index (χ0n) is 11.9. The lowest BCUT2D eigenvalue weighted by molar-refractivity contribution is 0.137. The van der Waals surface area contributed by atoms with Crippen LogP contribution in [0, 0.1) is 0 Å². The minimum atomic E-state index is 0.644. The van der Waals surface area contributed by atoms with Gasteiger partial charge in [-0.3, -0.25) is 9.88 Å². The average molecular weight is 264 g/mol. The summed E-state index contributed by atoms with van der Waals surface area (Å²) >= 11 is 0. The number of hydrogen-bond donors (Lipinski definition) is 0. The molecule has 102 valence electrons. The van der Waals surface area contributed by atoms with Crippen LogP contribution in [0.3, 0.4) is 0 Å². The molecule has 1 aromatic carbocycles. The first kappa shape index (κ1) is 12.1. The van der Waals surface area contributed by atoms with E-state index in [0.717, 1.165) is 6.04 Å². The average Bonchev–Trinajstić information content (AvgIpc) is 2.46. The van der Waals surface area contributed by atoms with Crippen molar-refractivity contribution in [3.8, 4) is 0 Å². The second-order valence-electron chi connectivity index (χ2n) is 6.15. The summed E-state index contributed by atoms with van der Waals surface area (Å²) in [5, 5.41) is 2.52. The fraction of sp³-hybridized carbons (Fsp3) is 0.389. The number of pyridine rings is 1. The van der Waals surface area contributed by atoms with Crippen LogP contribution in [0.15, 0.2) is 42.7 Å². The van der Waals surface area contributed by atoms with Crippen LogP contribution in [-0.2, 0) is 0 Å². The second-order valence-corrected chi connectivity index (χ2v) is 6.15. The van der Waals surface area contributed by atoms with Gasteiger partial charge in [0, 0.05) is 29.9 Å². The predicted octanol–water partition coefficient (Wildman–Crippen LogP) is 3.87. The normalized spacial score (nSPS) is 26.6. The Balaban J connectivity index is 1.75. The molecule has 20 heavy (non-hydrogen) atoms. The van der Waals surface area contributed by atoms with Gasteiger partial charge in [-0.1, -0.05) is 24.6 Å². The molecule has 2 bridgehead atoms. The van der Waals surface area contributed by atoms with Crippen molar-refractivity contribution in [2.75, 3.05) is 7.05 Å². The number of piperidine rings is 1. The zero-order chi connectivity index (χ0) is 13.5. The van der Waals surface area contributed by atoms with E-state index in [1.807, 2.05) is 12.4 Å². The fourth-order valence-corrected chi connectivity index (χ4v) is 3.74. The Morgan fingerprint density at radius 3 is 3.00 bits per heavy atom. The SMILES string of the molecule is CN1C2C=C(c3ccc4cnccc4c3)CC1CCC2. The summed E-state index contributed by atoms with van der Waals surface area (Å²) in [7, 11) is 2.29. The highest BCUT2D eigenvalue weighted by atomic mass is 15.2.